The third kappa shape index (κ3) is 5.28. The van der Waals surface area contributed by atoms with Gasteiger partial charge in [0.05, 0.1) is 11.0 Å². The van der Waals surface area contributed by atoms with Crippen LogP contribution in [-0.4, -0.2) is 42.6 Å². The van der Waals surface area contributed by atoms with Crippen LogP contribution in [0.15, 0.2) is 91.0 Å². The molecule has 0 atom stereocenters. The van der Waals surface area contributed by atoms with Gasteiger partial charge in [-0.15, -0.1) is 0 Å². The topological polar surface area (TPSA) is 167 Å². The number of fused-ring (bicyclic) bond motifs is 2. The lowest BCUT2D eigenvalue weighted by molar-refractivity contribution is -0.114. The van der Waals surface area contributed by atoms with E-state index in [1.165, 1.54) is 6.08 Å². The number of nitrogens with two attached hydrogens (primary N) is 1. The summed E-state index contributed by atoms with van der Waals surface area (Å²) >= 11 is 0. The van der Waals surface area contributed by atoms with E-state index in [0.29, 0.717) is 11.1 Å². The standard InChI is InChI=1S/C16H11N5O.C13H9N3O/c17-8-12(16(18)22)6-10-3-4-14-13(7-10)15(21-20-14)11-2-1-5-19-9-11;17-8-9-3-4-12-11(6-9)13(16-15-12)10-2-1-5-14-7-10/h1-7,9H,(H2,18,22)(H,20,21);1-8H,(H,15,16)/b12-6+;. The van der Waals surface area contributed by atoms with Crippen molar-refractivity contribution >= 4 is 40.1 Å². The fraction of sp³-hybridized carbons (Fsp3) is 0. The number of hydrogen-bond acceptors (Lipinski definition) is 7. The van der Waals surface area contributed by atoms with Crippen molar-refractivity contribution in [2.75, 3.05) is 0 Å². The second-order valence-electron chi connectivity index (χ2n) is 8.39. The molecule has 2 aromatic carbocycles. The normalized spacial score (nSPS) is 11.0. The van der Waals surface area contributed by atoms with Gasteiger partial charge in [-0.05, 0) is 66.2 Å². The molecule has 39 heavy (non-hydrogen) atoms. The van der Waals surface area contributed by atoms with Gasteiger partial charge >= 0.3 is 0 Å². The summed E-state index contributed by atoms with van der Waals surface area (Å²) in [4.78, 5) is 30.1. The van der Waals surface area contributed by atoms with Gasteiger partial charge in [-0.1, -0.05) is 6.07 Å². The van der Waals surface area contributed by atoms with Crippen molar-refractivity contribution < 1.29 is 9.59 Å². The predicted molar refractivity (Wildman–Crippen MR) is 147 cm³/mol. The van der Waals surface area contributed by atoms with Crippen molar-refractivity contribution in [3.63, 3.8) is 0 Å². The van der Waals surface area contributed by atoms with Crippen LogP contribution in [-0.2, 0) is 4.79 Å². The van der Waals surface area contributed by atoms with Gasteiger partial charge in [0.1, 0.15) is 29.3 Å². The van der Waals surface area contributed by atoms with Crippen LogP contribution in [0.5, 0.6) is 0 Å². The molecule has 1 amide bonds. The first-order chi connectivity index (χ1) is 19.1. The number of pyridine rings is 2. The van der Waals surface area contributed by atoms with Crippen molar-refractivity contribution in [3.8, 4) is 28.6 Å². The number of aromatic nitrogens is 6. The predicted octanol–water partition coefficient (Wildman–Crippen LogP) is 4.45. The molecular formula is C29H20N8O2. The summed E-state index contributed by atoms with van der Waals surface area (Å²) in [6, 6.07) is 20.3. The molecule has 0 unspecified atom stereocenters. The van der Waals surface area contributed by atoms with Gasteiger partial charge in [-0.2, -0.15) is 15.5 Å². The van der Waals surface area contributed by atoms with Crippen LogP contribution in [0.1, 0.15) is 15.9 Å². The van der Waals surface area contributed by atoms with Crippen LogP contribution >= 0.6 is 0 Å². The molecule has 0 aliphatic heterocycles. The number of carbonyl (C=O) groups excluding carboxylic acids is 2. The maximum atomic E-state index is 11.1. The number of primary amides is 1. The molecule has 10 heteroatoms. The Labute approximate surface area is 221 Å². The fourth-order valence-electron chi connectivity index (χ4n) is 4.00. The van der Waals surface area contributed by atoms with E-state index in [-0.39, 0.29) is 5.57 Å². The first-order valence-electron chi connectivity index (χ1n) is 11.7. The zero-order valence-corrected chi connectivity index (χ0v) is 20.4. The first kappa shape index (κ1) is 24.7. The molecule has 0 radical (unpaired) electrons. The summed E-state index contributed by atoms with van der Waals surface area (Å²) in [5.41, 5.74) is 11.6. The highest BCUT2D eigenvalue weighted by atomic mass is 16.1. The molecule has 4 N–H and O–H groups in total. The van der Waals surface area contributed by atoms with Crippen molar-refractivity contribution in [1.82, 2.24) is 30.4 Å². The van der Waals surface area contributed by atoms with Gasteiger partial charge in [0.2, 0.25) is 0 Å². The molecule has 0 aliphatic rings. The molecule has 6 rings (SSSR count). The van der Waals surface area contributed by atoms with Crippen molar-refractivity contribution in [2.45, 2.75) is 0 Å². The molecule has 0 spiro atoms. The number of benzene rings is 2. The van der Waals surface area contributed by atoms with Gasteiger partial charge in [0.25, 0.3) is 5.91 Å². The molecule has 10 nitrogen and oxygen atoms in total. The number of aldehydes is 1. The monoisotopic (exact) mass is 512 g/mol. The van der Waals surface area contributed by atoms with Gasteiger partial charge in [0, 0.05) is 52.3 Å². The highest BCUT2D eigenvalue weighted by molar-refractivity contribution is 6.01. The maximum Gasteiger partial charge on any atom is 0.259 e. The summed E-state index contributed by atoms with van der Waals surface area (Å²) in [5, 5.41) is 25.2. The lowest BCUT2D eigenvalue weighted by Gasteiger charge is -1.99. The second kappa shape index (κ2) is 11.0. The summed E-state index contributed by atoms with van der Waals surface area (Å²) in [7, 11) is 0. The Morgan fingerprint density at radius 2 is 1.36 bits per heavy atom. The Kier molecular flexibility index (Phi) is 6.96. The quantitative estimate of drug-likeness (QED) is 0.174. The second-order valence-corrected chi connectivity index (χ2v) is 8.39. The van der Waals surface area contributed by atoms with E-state index in [2.05, 4.69) is 30.4 Å². The van der Waals surface area contributed by atoms with Crippen LogP contribution < -0.4 is 5.73 Å². The number of carbonyl (C=O) groups is 2. The number of amides is 1. The number of H-pyrrole nitrogens is 2. The summed E-state index contributed by atoms with van der Waals surface area (Å²) in [5.74, 6) is -0.748. The lowest BCUT2D eigenvalue weighted by Crippen LogP contribution is -2.12. The van der Waals surface area contributed by atoms with E-state index in [9.17, 15) is 9.59 Å². The highest BCUT2D eigenvalue weighted by Gasteiger charge is 2.10. The molecule has 0 bridgehead atoms. The number of nitriles is 1. The smallest absolute Gasteiger partial charge is 0.259 e. The van der Waals surface area contributed by atoms with Crippen LogP contribution in [0.4, 0.5) is 0 Å². The third-order valence-electron chi connectivity index (χ3n) is 5.88. The minimum Gasteiger partial charge on any atom is -0.365 e. The Morgan fingerprint density at radius 3 is 1.82 bits per heavy atom. The molecule has 0 saturated carbocycles. The number of rotatable bonds is 5. The van der Waals surface area contributed by atoms with Crippen LogP contribution in [0.3, 0.4) is 0 Å². The summed E-state index contributed by atoms with van der Waals surface area (Å²) < 4.78 is 0. The van der Waals surface area contributed by atoms with E-state index in [0.717, 1.165) is 50.6 Å². The molecular weight excluding hydrogens is 492 g/mol. The van der Waals surface area contributed by atoms with Crippen LogP contribution in [0, 0.1) is 11.3 Å². The maximum absolute atomic E-state index is 11.1. The Hall–Kier alpha value is -5.95. The Bertz CT molecular complexity index is 1870. The minimum atomic E-state index is -0.748. The fourth-order valence-corrected chi connectivity index (χ4v) is 4.00. The number of hydrogen-bond donors (Lipinski definition) is 3. The third-order valence-corrected chi connectivity index (χ3v) is 5.88. The van der Waals surface area contributed by atoms with E-state index in [4.69, 9.17) is 11.0 Å². The SMILES string of the molecule is N#C/C(=C\c1ccc2[nH]nc(-c3cccnc3)c2c1)C(N)=O.O=Cc1ccc2[nH]nc(-c3cccnc3)c2c1. The van der Waals surface area contributed by atoms with Crippen molar-refractivity contribution in [2.24, 2.45) is 5.73 Å². The average Bonchev–Trinajstić information content (AvgIpc) is 3.60. The van der Waals surface area contributed by atoms with Gasteiger partial charge < -0.3 is 5.73 Å². The molecule has 6 aromatic rings. The van der Waals surface area contributed by atoms with Crippen LogP contribution in [0.25, 0.3) is 50.4 Å². The van der Waals surface area contributed by atoms with E-state index >= 15 is 0 Å². The van der Waals surface area contributed by atoms with E-state index < -0.39 is 5.91 Å². The van der Waals surface area contributed by atoms with Crippen LogP contribution in [0.2, 0.25) is 0 Å². The minimum absolute atomic E-state index is 0.0919. The number of nitrogens with zero attached hydrogens (tertiary/aromatic N) is 5. The molecule has 4 aromatic heterocycles. The molecule has 0 saturated heterocycles. The largest absolute Gasteiger partial charge is 0.365 e. The van der Waals surface area contributed by atoms with Gasteiger partial charge in [-0.25, -0.2) is 0 Å². The van der Waals surface area contributed by atoms with E-state index in [1.54, 1.807) is 43.0 Å². The molecule has 0 aliphatic carbocycles. The molecule has 4 heterocycles. The average molecular weight is 513 g/mol. The zero-order chi connectivity index (χ0) is 27.2. The molecule has 188 valence electrons. The summed E-state index contributed by atoms with van der Waals surface area (Å²) in [6.45, 7) is 0. The van der Waals surface area contributed by atoms with Crippen molar-refractivity contribution in [3.05, 3.63) is 102 Å². The Morgan fingerprint density at radius 1 is 0.821 bits per heavy atom. The molecule has 0 fully saturated rings. The van der Waals surface area contributed by atoms with Gasteiger partial charge in [-0.3, -0.25) is 29.8 Å². The lowest BCUT2D eigenvalue weighted by atomic mass is 10.1. The van der Waals surface area contributed by atoms with Crippen molar-refractivity contribution in [1.29, 1.82) is 5.26 Å². The summed E-state index contributed by atoms with van der Waals surface area (Å²) in [6.07, 6.45) is 9.18. The zero-order valence-electron chi connectivity index (χ0n) is 20.4. The van der Waals surface area contributed by atoms with Gasteiger partial charge in [0.15, 0.2) is 0 Å². The highest BCUT2D eigenvalue weighted by Crippen LogP contribution is 2.27. The number of aromatic amines is 2. The van der Waals surface area contributed by atoms with E-state index in [1.807, 2.05) is 48.5 Å². The number of nitrogens with one attached hydrogen (secondary N) is 2. The first-order valence-corrected chi connectivity index (χ1v) is 11.7. The Balaban J connectivity index is 0.000000163.